The lowest BCUT2D eigenvalue weighted by molar-refractivity contribution is -0.136. The fraction of sp³-hybridized carbons (Fsp3) is 0.343. The minimum Gasteiger partial charge on any atom is -0.481 e. The molecule has 1 unspecified atom stereocenters. The number of sulfone groups is 1. The van der Waals surface area contributed by atoms with E-state index in [4.69, 9.17) is 14.5 Å². The highest BCUT2D eigenvalue weighted by Crippen LogP contribution is 2.39. The van der Waals surface area contributed by atoms with E-state index in [1.807, 2.05) is 13.0 Å². The van der Waals surface area contributed by atoms with Crippen molar-refractivity contribution >= 4 is 26.7 Å². The van der Waals surface area contributed by atoms with Crippen molar-refractivity contribution in [2.75, 3.05) is 18.1 Å². The third-order valence-corrected chi connectivity index (χ3v) is 10.7. The molecule has 5 aromatic rings. The summed E-state index contributed by atoms with van der Waals surface area (Å²) in [6.45, 7) is 5.38. The molecule has 1 aliphatic rings. The summed E-state index contributed by atoms with van der Waals surface area (Å²) in [5.41, 5.74) is 0.140. The normalized spacial score (nSPS) is 19.5. The van der Waals surface area contributed by atoms with Gasteiger partial charge in [-0.3, -0.25) is 4.79 Å². The van der Waals surface area contributed by atoms with Crippen LogP contribution in [0, 0.1) is 11.6 Å². The first kappa shape index (κ1) is 33.3. The van der Waals surface area contributed by atoms with E-state index >= 15 is 8.78 Å². The van der Waals surface area contributed by atoms with Crippen LogP contribution in [0.15, 0.2) is 60.8 Å². The van der Waals surface area contributed by atoms with Gasteiger partial charge in [0.2, 0.25) is 0 Å². The van der Waals surface area contributed by atoms with Crippen molar-refractivity contribution in [3.8, 4) is 22.9 Å². The van der Waals surface area contributed by atoms with Gasteiger partial charge in [0.1, 0.15) is 11.6 Å². The van der Waals surface area contributed by atoms with Crippen LogP contribution in [0.3, 0.4) is 0 Å². The third kappa shape index (κ3) is 6.70. The lowest BCUT2D eigenvalue weighted by Gasteiger charge is -2.31. The van der Waals surface area contributed by atoms with Gasteiger partial charge in [0.05, 0.1) is 34.5 Å². The molecule has 6 rings (SSSR count). The first-order chi connectivity index (χ1) is 22.6. The third-order valence-electron chi connectivity index (χ3n) is 8.77. The lowest BCUT2D eigenvalue weighted by Crippen LogP contribution is -2.37. The molecule has 3 heterocycles. The van der Waals surface area contributed by atoms with Crippen molar-refractivity contribution in [3.63, 3.8) is 0 Å². The molecule has 2 aromatic heterocycles. The van der Waals surface area contributed by atoms with Gasteiger partial charge in [-0.25, -0.2) is 26.9 Å². The number of H-pyrrole nitrogens is 1. The topological polar surface area (TPSA) is 136 Å². The van der Waals surface area contributed by atoms with Crippen LogP contribution in [0.1, 0.15) is 49.7 Å². The summed E-state index contributed by atoms with van der Waals surface area (Å²) in [4.78, 5) is 19.3. The van der Waals surface area contributed by atoms with E-state index in [1.165, 1.54) is 28.9 Å². The van der Waals surface area contributed by atoms with Gasteiger partial charge in [-0.2, -0.15) is 5.10 Å². The Morgan fingerprint density at radius 1 is 1.08 bits per heavy atom. The maximum absolute atomic E-state index is 15.6. The Balaban J connectivity index is 1.52. The van der Waals surface area contributed by atoms with E-state index in [9.17, 15) is 18.3 Å². The van der Waals surface area contributed by atoms with Crippen LogP contribution in [0.5, 0.6) is 11.5 Å². The molecule has 1 aliphatic heterocycles. The van der Waals surface area contributed by atoms with Gasteiger partial charge in [0, 0.05) is 42.4 Å². The number of carbonyl (C=O) groups is 1. The molecule has 0 fully saturated rings. The highest BCUT2D eigenvalue weighted by atomic mass is 32.2. The zero-order valence-electron chi connectivity index (χ0n) is 27.0. The van der Waals surface area contributed by atoms with E-state index in [0.717, 1.165) is 0 Å². The Bertz CT molecular complexity index is 2140. The molecule has 0 amide bonds. The molecule has 1 atom stereocenters. The van der Waals surface area contributed by atoms with Crippen LogP contribution in [-0.4, -0.2) is 63.0 Å². The highest BCUT2D eigenvalue weighted by molar-refractivity contribution is 7.91. The number of carboxylic acid groups (broad SMARTS) is 1. The maximum Gasteiger partial charge on any atom is 0.307 e. The number of nitrogens with zero attached hydrogens (tertiary/aromatic N) is 3. The van der Waals surface area contributed by atoms with Gasteiger partial charge in [-0.15, -0.1) is 0 Å². The van der Waals surface area contributed by atoms with Crippen LogP contribution in [0.25, 0.3) is 22.3 Å². The zero-order chi connectivity index (χ0) is 34.4. The largest absolute Gasteiger partial charge is 0.481 e. The molecule has 10 nitrogen and oxygen atoms in total. The number of hydrogen-bond donors (Lipinski definition) is 2. The Kier molecular flexibility index (Phi) is 8.63. The second-order valence-corrected chi connectivity index (χ2v) is 15.2. The molecule has 252 valence electrons. The summed E-state index contributed by atoms with van der Waals surface area (Å²) < 4.78 is 71.8. The number of halogens is 2. The fourth-order valence-electron chi connectivity index (χ4n) is 6.31. The molecule has 0 aliphatic carbocycles. The molecule has 4 bridgehead atoms. The average molecular weight is 679 g/mol. The van der Waals surface area contributed by atoms with E-state index in [-0.39, 0.29) is 53.8 Å². The smallest absolute Gasteiger partial charge is 0.307 e. The van der Waals surface area contributed by atoms with E-state index in [1.54, 1.807) is 51.4 Å². The molecule has 13 heteroatoms. The predicted molar refractivity (Wildman–Crippen MR) is 176 cm³/mol. The number of carboxylic acids is 1. The van der Waals surface area contributed by atoms with Gasteiger partial charge in [-0.05, 0) is 69.0 Å². The maximum atomic E-state index is 15.6. The highest BCUT2D eigenvalue weighted by Gasteiger charge is 2.36. The average Bonchev–Trinajstić information content (AvgIpc) is 3.63. The van der Waals surface area contributed by atoms with Crippen molar-refractivity contribution < 1.29 is 36.6 Å². The Morgan fingerprint density at radius 3 is 2.65 bits per heavy atom. The number of nitrogens with one attached hydrogen (secondary N) is 1. The van der Waals surface area contributed by atoms with Crippen molar-refractivity contribution in [2.45, 2.75) is 51.0 Å². The summed E-state index contributed by atoms with van der Waals surface area (Å²) >= 11 is 0. The number of aromatic amines is 1. The van der Waals surface area contributed by atoms with E-state index in [2.05, 4.69) is 10.1 Å². The van der Waals surface area contributed by atoms with Crippen molar-refractivity contribution in [1.29, 1.82) is 0 Å². The fourth-order valence-corrected chi connectivity index (χ4v) is 8.11. The Morgan fingerprint density at radius 2 is 1.88 bits per heavy atom. The number of aryl methyl sites for hydroxylation is 2. The Hall–Kier alpha value is -4.62. The minimum absolute atomic E-state index is 0.0364. The summed E-state index contributed by atoms with van der Waals surface area (Å²) in [6, 6.07) is 14.1. The van der Waals surface area contributed by atoms with Gasteiger partial charge in [0.25, 0.3) is 0 Å². The quantitative estimate of drug-likeness (QED) is 0.233. The van der Waals surface area contributed by atoms with Gasteiger partial charge in [-0.1, -0.05) is 24.3 Å². The summed E-state index contributed by atoms with van der Waals surface area (Å²) in [7, 11) is -2.09. The molecule has 3 aromatic carbocycles. The van der Waals surface area contributed by atoms with Gasteiger partial charge < -0.3 is 19.6 Å². The molecule has 0 saturated heterocycles. The van der Waals surface area contributed by atoms with Crippen molar-refractivity contribution in [2.24, 2.45) is 7.05 Å². The number of fused-ring (bicyclic) bond motifs is 8. The molecule has 2 N–H and O–H groups in total. The molecule has 0 spiro atoms. The predicted octanol–water partition coefficient (Wildman–Crippen LogP) is 6.12. The first-order valence-corrected chi connectivity index (χ1v) is 17.3. The van der Waals surface area contributed by atoms with Gasteiger partial charge >= 0.3 is 5.97 Å². The minimum atomic E-state index is -3.72. The van der Waals surface area contributed by atoms with Crippen LogP contribution in [0.4, 0.5) is 8.78 Å². The Labute approximate surface area is 276 Å². The van der Waals surface area contributed by atoms with E-state index in [0.29, 0.717) is 39.8 Å². The molecular weight excluding hydrogens is 642 g/mol. The van der Waals surface area contributed by atoms with E-state index < -0.39 is 38.5 Å². The van der Waals surface area contributed by atoms with Crippen LogP contribution < -0.4 is 4.74 Å². The van der Waals surface area contributed by atoms with Crippen LogP contribution in [-0.2, 0) is 44.7 Å². The molecule has 48 heavy (non-hydrogen) atoms. The van der Waals surface area contributed by atoms with Crippen molar-refractivity contribution in [1.82, 2.24) is 19.7 Å². The standard InChI is InChI=1S/C35H36F2N4O6S/c1-34(2)20-48(44,45)15-11-25-24-10-13-38-29(24)19-28(37)31(25)47-23-8-9-27(36)26(18-23)32-39-33(40-41(32)4)35(3,12-14-46-34)22-7-5-6-21(16-22)17-30(42)43/h5-10,13,16,18-19,38H,11-12,14-15,17,20H2,1-4H3,(H,42,43). The first-order valence-electron chi connectivity index (χ1n) is 15.5. The number of aromatic nitrogens is 4. The monoisotopic (exact) mass is 678 g/mol. The van der Waals surface area contributed by atoms with Crippen LogP contribution in [0.2, 0.25) is 0 Å². The number of ether oxygens (including phenoxy) is 2. The zero-order valence-corrected chi connectivity index (χ0v) is 27.8. The van der Waals surface area contributed by atoms with Gasteiger partial charge in [0.15, 0.2) is 33.1 Å². The van der Waals surface area contributed by atoms with Crippen molar-refractivity contribution in [3.05, 3.63) is 94.9 Å². The lowest BCUT2D eigenvalue weighted by atomic mass is 9.78. The molecule has 0 saturated carbocycles. The molecule has 0 radical (unpaired) electrons. The number of hydrogen-bond acceptors (Lipinski definition) is 7. The molecular formula is C35H36F2N4O6S. The van der Waals surface area contributed by atoms with Crippen LogP contribution >= 0.6 is 0 Å². The summed E-state index contributed by atoms with van der Waals surface area (Å²) in [5.74, 6) is -2.40. The summed E-state index contributed by atoms with van der Waals surface area (Å²) in [6.07, 6.45) is 1.70. The second kappa shape index (κ2) is 12.4. The number of benzene rings is 3. The summed E-state index contributed by atoms with van der Waals surface area (Å²) in [5, 5.41) is 14.7. The second-order valence-electron chi connectivity index (χ2n) is 13.0. The number of rotatable bonds is 3. The SMILES string of the molecule is Cn1nc2nc1-c1cc(ccc1F)Oc1c(F)cc3[nH]ccc3c1CCS(=O)(=O)CC(C)(C)OCCC2(C)c1cccc(CC(=O)O)c1. The number of aliphatic carboxylic acids is 1.